The van der Waals surface area contributed by atoms with Crippen LogP contribution in [0.2, 0.25) is 0 Å². The fourth-order valence-electron chi connectivity index (χ4n) is 2.82. The highest BCUT2D eigenvalue weighted by molar-refractivity contribution is 5.84. The highest BCUT2D eigenvalue weighted by atomic mass is 16.6. The van der Waals surface area contributed by atoms with Crippen molar-refractivity contribution in [1.29, 1.82) is 0 Å². The van der Waals surface area contributed by atoms with E-state index < -0.39 is 5.60 Å². The Morgan fingerprint density at radius 3 is 2.84 bits per heavy atom. The van der Waals surface area contributed by atoms with E-state index in [1.165, 1.54) is 0 Å². The number of nitrogens with one attached hydrogen (secondary N) is 2. The zero-order valence-electron chi connectivity index (χ0n) is 15.9. The van der Waals surface area contributed by atoms with Crippen LogP contribution >= 0.6 is 0 Å². The maximum absolute atomic E-state index is 11.8. The van der Waals surface area contributed by atoms with Gasteiger partial charge in [-0.25, -0.2) is 0 Å². The van der Waals surface area contributed by atoms with Crippen LogP contribution in [-0.4, -0.2) is 60.0 Å². The molecular formula is C17H30N6O2. The van der Waals surface area contributed by atoms with Crippen LogP contribution in [0.5, 0.6) is 0 Å². The summed E-state index contributed by atoms with van der Waals surface area (Å²) in [5, 5.41) is 10.7. The molecule has 25 heavy (non-hydrogen) atoms. The normalized spacial score (nSPS) is 18.8. The third-order valence-electron chi connectivity index (χ3n) is 3.86. The average Bonchev–Trinajstić information content (AvgIpc) is 2.96. The summed E-state index contributed by atoms with van der Waals surface area (Å²) >= 11 is 0. The number of carbonyl (C=O) groups excluding carboxylic acids is 1. The molecule has 1 unspecified atom stereocenters. The Hall–Kier alpha value is -2.25. The number of esters is 1. The van der Waals surface area contributed by atoms with Gasteiger partial charge >= 0.3 is 5.97 Å². The lowest BCUT2D eigenvalue weighted by Gasteiger charge is -2.34. The number of aromatic nitrogens is 2. The van der Waals surface area contributed by atoms with Crippen LogP contribution in [-0.2, 0) is 16.6 Å². The van der Waals surface area contributed by atoms with Gasteiger partial charge in [0.25, 0.3) is 0 Å². The summed E-state index contributed by atoms with van der Waals surface area (Å²) in [6, 6.07) is 0.263. The molecule has 2 rings (SSSR count). The van der Waals surface area contributed by atoms with Gasteiger partial charge in [0.15, 0.2) is 5.96 Å². The van der Waals surface area contributed by atoms with Crippen LogP contribution < -0.4 is 15.5 Å². The van der Waals surface area contributed by atoms with Crippen LogP contribution in [0, 0.1) is 0 Å². The monoisotopic (exact) mass is 350 g/mol. The predicted molar refractivity (Wildman–Crippen MR) is 98.8 cm³/mol. The van der Waals surface area contributed by atoms with Crippen LogP contribution in [0.3, 0.4) is 0 Å². The van der Waals surface area contributed by atoms with Crippen molar-refractivity contribution in [2.45, 2.75) is 45.3 Å². The number of rotatable bonds is 4. The maximum atomic E-state index is 11.8. The fraction of sp³-hybridized carbons (Fsp3) is 0.706. The number of anilines is 1. The first-order valence-electron chi connectivity index (χ1n) is 8.69. The maximum Gasteiger partial charge on any atom is 0.325 e. The summed E-state index contributed by atoms with van der Waals surface area (Å²) in [4.78, 5) is 18.3. The molecule has 0 aliphatic carbocycles. The van der Waals surface area contributed by atoms with Gasteiger partial charge in [0.2, 0.25) is 0 Å². The summed E-state index contributed by atoms with van der Waals surface area (Å²) in [6.45, 7) is 7.55. The molecule has 1 atom stereocenters. The Morgan fingerprint density at radius 2 is 2.24 bits per heavy atom. The molecule has 2 heterocycles. The Bertz CT molecular complexity index is 605. The second kappa shape index (κ2) is 8.22. The van der Waals surface area contributed by atoms with Crippen molar-refractivity contribution in [3.8, 4) is 0 Å². The first kappa shape index (κ1) is 19.1. The quantitative estimate of drug-likeness (QED) is 0.477. The zero-order valence-corrected chi connectivity index (χ0v) is 15.9. The van der Waals surface area contributed by atoms with Crippen LogP contribution in [0.25, 0.3) is 0 Å². The van der Waals surface area contributed by atoms with Gasteiger partial charge in [-0.1, -0.05) is 0 Å². The average molecular weight is 350 g/mol. The number of guanidine groups is 1. The number of aryl methyl sites for hydroxylation is 1. The van der Waals surface area contributed by atoms with Gasteiger partial charge in [-0.2, -0.15) is 5.10 Å². The second-order valence-electron chi connectivity index (χ2n) is 7.31. The van der Waals surface area contributed by atoms with Crippen LogP contribution in [0.15, 0.2) is 17.4 Å². The molecule has 1 aliphatic heterocycles. The molecule has 0 spiro atoms. The van der Waals surface area contributed by atoms with E-state index in [2.05, 4.69) is 25.6 Å². The largest absolute Gasteiger partial charge is 0.459 e. The minimum atomic E-state index is -0.483. The Labute approximate surface area is 149 Å². The van der Waals surface area contributed by atoms with Crippen LogP contribution in [0.1, 0.15) is 33.6 Å². The number of hydrogen-bond acceptors (Lipinski definition) is 5. The molecule has 0 bridgehead atoms. The lowest BCUT2D eigenvalue weighted by Crippen LogP contribution is -2.52. The summed E-state index contributed by atoms with van der Waals surface area (Å²) in [5.74, 6) is 0.319. The SMILES string of the molecule is CN=C(NCC(=O)OC(C)(C)C)NC1CCCN(c2cnn(C)c2)C1. The summed E-state index contributed by atoms with van der Waals surface area (Å²) < 4.78 is 7.11. The predicted octanol–water partition coefficient (Wildman–Crippen LogP) is 0.896. The molecule has 0 radical (unpaired) electrons. The molecule has 140 valence electrons. The molecule has 8 nitrogen and oxygen atoms in total. The van der Waals surface area contributed by atoms with Crippen molar-refractivity contribution in [3.63, 3.8) is 0 Å². The van der Waals surface area contributed by atoms with E-state index in [0.29, 0.717) is 5.96 Å². The van der Waals surface area contributed by atoms with E-state index in [4.69, 9.17) is 4.74 Å². The topological polar surface area (TPSA) is 83.8 Å². The molecule has 1 aromatic heterocycles. The van der Waals surface area contributed by atoms with Crippen molar-refractivity contribution in [3.05, 3.63) is 12.4 Å². The zero-order chi connectivity index (χ0) is 18.4. The number of ether oxygens (including phenoxy) is 1. The fourth-order valence-corrected chi connectivity index (χ4v) is 2.82. The Kier molecular flexibility index (Phi) is 6.27. The van der Waals surface area contributed by atoms with E-state index in [0.717, 1.165) is 31.6 Å². The lowest BCUT2D eigenvalue weighted by molar-refractivity contribution is -0.153. The second-order valence-corrected chi connectivity index (χ2v) is 7.31. The van der Waals surface area contributed by atoms with Crippen molar-refractivity contribution in [2.75, 3.05) is 31.6 Å². The van der Waals surface area contributed by atoms with E-state index in [-0.39, 0.29) is 18.6 Å². The lowest BCUT2D eigenvalue weighted by atomic mass is 10.1. The van der Waals surface area contributed by atoms with Crippen molar-refractivity contribution in [1.82, 2.24) is 20.4 Å². The highest BCUT2D eigenvalue weighted by Crippen LogP contribution is 2.18. The number of carbonyl (C=O) groups is 1. The smallest absolute Gasteiger partial charge is 0.325 e. The molecule has 1 aliphatic rings. The third kappa shape index (κ3) is 6.28. The van der Waals surface area contributed by atoms with Gasteiger partial charge in [-0.3, -0.25) is 14.5 Å². The Morgan fingerprint density at radius 1 is 1.48 bits per heavy atom. The highest BCUT2D eigenvalue weighted by Gasteiger charge is 2.22. The number of nitrogens with zero attached hydrogens (tertiary/aromatic N) is 4. The van der Waals surface area contributed by atoms with E-state index >= 15 is 0 Å². The number of piperidine rings is 1. The standard InChI is InChI=1S/C17H30N6O2/c1-17(2,3)25-15(24)10-19-16(18-4)21-13-7-6-8-23(11-13)14-9-20-22(5)12-14/h9,12-13H,6-8,10-11H2,1-5H3,(H2,18,19,21). The molecule has 1 aromatic rings. The Balaban J connectivity index is 1.83. The van der Waals surface area contributed by atoms with E-state index in [1.54, 1.807) is 7.05 Å². The van der Waals surface area contributed by atoms with Gasteiger partial charge < -0.3 is 20.3 Å². The minimum absolute atomic E-state index is 0.0932. The van der Waals surface area contributed by atoms with Gasteiger partial charge in [0, 0.05) is 39.4 Å². The molecule has 8 heteroatoms. The van der Waals surface area contributed by atoms with E-state index in [1.807, 2.05) is 44.9 Å². The molecule has 1 saturated heterocycles. The number of hydrogen-bond donors (Lipinski definition) is 2. The molecular weight excluding hydrogens is 320 g/mol. The third-order valence-corrected chi connectivity index (χ3v) is 3.86. The molecule has 1 fully saturated rings. The van der Waals surface area contributed by atoms with Crippen molar-refractivity contribution >= 4 is 17.6 Å². The van der Waals surface area contributed by atoms with Crippen molar-refractivity contribution < 1.29 is 9.53 Å². The molecule has 0 amide bonds. The summed E-state index contributed by atoms with van der Waals surface area (Å²) in [5.41, 5.74) is 0.647. The summed E-state index contributed by atoms with van der Waals surface area (Å²) in [7, 11) is 3.62. The van der Waals surface area contributed by atoms with Gasteiger partial charge in [-0.15, -0.1) is 0 Å². The van der Waals surface area contributed by atoms with E-state index in [9.17, 15) is 4.79 Å². The van der Waals surface area contributed by atoms with Gasteiger partial charge in [-0.05, 0) is 33.6 Å². The van der Waals surface area contributed by atoms with Crippen LogP contribution in [0.4, 0.5) is 5.69 Å². The summed E-state index contributed by atoms with van der Waals surface area (Å²) in [6.07, 6.45) is 6.06. The van der Waals surface area contributed by atoms with Gasteiger partial charge in [0.05, 0.1) is 11.9 Å². The first-order valence-corrected chi connectivity index (χ1v) is 8.69. The molecule has 2 N–H and O–H groups in total. The first-order chi connectivity index (χ1) is 11.8. The molecule has 0 saturated carbocycles. The van der Waals surface area contributed by atoms with Gasteiger partial charge in [0.1, 0.15) is 12.1 Å². The van der Waals surface area contributed by atoms with Crippen molar-refractivity contribution in [2.24, 2.45) is 12.0 Å². The minimum Gasteiger partial charge on any atom is -0.459 e. The number of aliphatic imine (C=N–C) groups is 1. The molecule has 0 aromatic carbocycles.